The van der Waals surface area contributed by atoms with E-state index in [1.54, 1.807) is 23.1 Å². The van der Waals surface area contributed by atoms with Gasteiger partial charge in [-0.15, -0.1) is 0 Å². The predicted octanol–water partition coefficient (Wildman–Crippen LogP) is 6.84. The number of benzene rings is 3. The molecule has 0 radical (unpaired) electrons. The average Bonchev–Trinajstić information content (AvgIpc) is 3.62. The highest BCUT2D eigenvalue weighted by atomic mass is 35.5. The van der Waals surface area contributed by atoms with E-state index in [2.05, 4.69) is 27.4 Å². The van der Waals surface area contributed by atoms with Gasteiger partial charge >= 0.3 is 0 Å². The summed E-state index contributed by atoms with van der Waals surface area (Å²) >= 11 is 5.91. The fourth-order valence-corrected chi connectivity index (χ4v) is 3.84. The number of furan rings is 1. The van der Waals surface area contributed by atoms with Gasteiger partial charge in [-0.3, -0.25) is 4.68 Å². The van der Waals surface area contributed by atoms with Gasteiger partial charge in [0.1, 0.15) is 17.3 Å². The summed E-state index contributed by atoms with van der Waals surface area (Å²) in [4.78, 5) is 4.47. The summed E-state index contributed by atoms with van der Waals surface area (Å²) in [7, 11) is 0. The Hall–Kier alpha value is -4.36. The number of hydrogen-bond acceptors (Lipinski definition) is 6. The van der Waals surface area contributed by atoms with Gasteiger partial charge in [0.15, 0.2) is 5.76 Å². The maximum absolute atomic E-state index is 6.12. The molecule has 0 unspecified atom stereocenters. The first-order valence-electron chi connectivity index (χ1n) is 10.6. The highest BCUT2D eigenvalue weighted by Gasteiger charge is 2.15. The molecule has 0 spiro atoms. The number of ether oxygens (including phenoxy) is 1. The smallest absolute Gasteiger partial charge is 0.293 e. The predicted molar refractivity (Wildman–Crippen MR) is 128 cm³/mol. The van der Waals surface area contributed by atoms with Gasteiger partial charge in [0.2, 0.25) is 5.82 Å². The number of fused-ring (bicyclic) bond motifs is 1. The van der Waals surface area contributed by atoms with E-state index in [-0.39, 0.29) is 0 Å². The quantitative estimate of drug-likeness (QED) is 0.266. The molecule has 0 atom stereocenters. The standard InChI is InChI=1S/C26H17ClN4O3/c27-19-14-28-31(15-19)16-21-12-13-24(33-21)26-29-25(30-34-26)18-8-10-20(11-9-18)32-23-7-3-5-17-4-1-2-6-22(17)23/h1-15H,16H2. The van der Waals surface area contributed by atoms with E-state index in [9.17, 15) is 0 Å². The Kier molecular flexibility index (Phi) is 5.08. The molecule has 3 aromatic heterocycles. The molecule has 0 aliphatic rings. The van der Waals surface area contributed by atoms with Gasteiger partial charge in [0.25, 0.3) is 5.89 Å². The van der Waals surface area contributed by atoms with Crippen molar-refractivity contribution in [3.8, 4) is 34.5 Å². The van der Waals surface area contributed by atoms with Crippen LogP contribution < -0.4 is 4.74 Å². The lowest BCUT2D eigenvalue weighted by atomic mass is 10.1. The van der Waals surface area contributed by atoms with Crippen LogP contribution in [0.5, 0.6) is 11.5 Å². The summed E-state index contributed by atoms with van der Waals surface area (Å²) < 4.78 is 19.1. The Morgan fingerprint density at radius 1 is 0.912 bits per heavy atom. The molecule has 0 bridgehead atoms. The van der Waals surface area contributed by atoms with Crippen LogP contribution in [0, 0.1) is 0 Å². The second-order valence-electron chi connectivity index (χ2n) is 7.65. The molecule has 0 amide bonds. The van der Waals surface area contributed by atoms with E-state index >= 15 is 0 Å². The molecule has 0 saturated heterocycles. The van der Waals surface area contributed by atoms with Crippen LogP contribution in [-0.4, -0.2) is 19.9 Å². The minimum Gasteiger partial charge on any atom is -0.457 e. The van der Waals surface area contributed by atoms with Gasteiger partial charge in [-0.05, 0) is 47.9 Å². The van der Waals surface area contributed by atoms with Gasteiger partial charge in [0.05, 0.1) is 17.8 Å². The fraction of sp³-hybridized carbons (Fsp3) is 0.0385. The van der Waals surface area contributed by atoms with Crippen molar-refractivity contribution >= 4 is 22.4 Å². The first-order chi connectivity index (χ1) is 16.7. The third-order valence-electron chi connectivity index (χ3n) is 5.31. The highest BCUT2D eigenvalue weighted by molar-refractivity contribution is 6.30. The van der Waals surface area contributed by atoms with Crippen LogP contribution in [0.4, 0.5) is 0 Å². The summed E-state index contributed by atoms with van der Waals surface area (Å²) in [5.41, 5.74) is 0.804. The number of halogens is 1. The van der Waals surface area contributed by atoms with E-state index in [1.807, 2.05) is 60.7 Å². The molecule has 0 N–H and O–H groups in total. The molecule has 0 aliphatic heterocycles. The Labute approximate surface area is 199 Å². The van der Waals surface area contributed by atoms with E-state index in [0.29, 0.717) is 34.8 Å². The molecule has 0 aliphatic carbocycles. The van der Waals surface area contributed by atoms with Gasteiger partial charge in [-0.2, -0.15) is 10.1 Å². The lowest BCUT2D eigenvalue weighted by Crippen LogP contribution is -1.97. The number of aromatic nitrogens is 4. The number of nitrogens with zero attached hydrogens (tertiary/aromatic N) is 4. The van der Waals surface area contributed by atoms with Crippen LogP contribution in [0.15, 0.2) is 100 Å². The maximum atomic E-state index is 6.12. The van der Waals surface area contributed by atoms with E-state index in [4.69, 9.17) is 25.3 Å². The molecule has 6 rings (SSSR count). The van der Waals surface area contributed by atoms with Gasteiger partial charge in [-0.25, -0.2) is 0 Å². The molecule has 166 valence electrons. The van der Waals surface area contributed by atoms with Crippen molar-refractivity contribution in [1.29, 1.82) is 0 Å². The molecular weight excluding hydrogens is 452 g/mol. The van der Waals surface area contributed by atoms with Crippen molar-refractivity contribution in [2.45, 2.75) is 6.54 Å². The molecule has 0 saturated carbocycles. The third-order valence-corrected chi connectivity index (χ3v) is 5.50. The molecule has 3 aromatic carbocycles. The van der Waals surface area contributed by atoms with Crippen LogP contribution in [0.1, 0.15) is 5.76 Å². The largest absolute Gasteiger partial charge is 0.457 e. The fourth-order valence-electron chi connectivity index (χ4n) is 3.69. The van der Waals surface area contributed by atoms with Crippen LogP contribution >= 0.6 is 11.6 Å². The van der Waals surface area contributed by atoms with Crippen molar-refractivity contribution in [2.75, 3.05) is 0 Å². The normalized spacial score (nSPS) is 11.2. The van der Waals surface area contributed by atoms with Gasteiger partial charge < -0.3 is 13.7 Å². The minimum absolute atomic E-state index is 0.302. The maximum Gasteiger partial charge on any atom is 0.293 e. The zero-order chi connectivity index (χ0) is 22.9. The zero-order valence-corrected chi connectivity index (χ0v) is 18.5. The van der Waals surface area contributed by atoms with E-state index < -0.39 is 0 Å². The van der Waals surface area contributed by atoms with Crippen LogP contribution in [0.25, 0.3) is 33.8 Å². The van der Waals surface area contributed by atoms with Crippen molar-refractivity contribution in [3.05, 3.63) is 102 Å². The van der Waals surface area contributed by atoms with Gasteiger partial charge in [0, 0.05) is 17.1 Å². The monoisotopic (exact) mass is 468 g/mol. The van der Waals surface area contributed by atoms with Crippen molar-refractivity contribution in [3.63, 3.8) is 0 Å². The topological polar surface area (TPSA) is 79.1 Å². The van der Waals surface area contributed by atoms with Crippen LogP contribution in [0.3, 0.4) is 0 Å². The third kappa shape index (κ3) is 4.04. The van der Waals surface area contributed by atoms with Gasteiger partial charge in [-0.1, -0.05) is 53.2 Å². The zero-order valence-electron chi connectivity index (χ0n) is 17.8. The summed E-state index contributed by atoms with van der Waals surface area (Å²) in [5.74, 6) is 3.48. The summed E-state index contributed by atoms with van der Waals surface area (Å²) in [6, 6.07) is 25.3. The average molecular weight is 469 g/mol. The lowest BCUT2D eigenvalue weighted by molar-refractivity contribution is 0.408. The highest BCUT2D eigenvalue weighted by Crippen LogP contribution is 2.31. The molecule has 3 heterocycles. The Morgan fingerprint density at radius 2 is 1.76 bits per heavy atom. The first kappa shape index (κ1) is 20.3. The number of hydrogen-bond donors (Lipinski definition) is 0. The van der Waals surface area contributed by atoms with E-state index in [0.717, 1.165) is 27.8 Å². The first-order valence-corrected chi connectivity index (χ1v) is 11.0. The Morgan fingerprint density at radius 3 is 2.62 bits per heavy atom. The van der Waals surface area contributed by atoms with Crippen molar-refractivity contribution < 1.29 is 13.7 Å². The van der Waals surface area contributed by atoms with Crippen LogP contribution in [0.2, 0.25) is 5.02 Å². The Bertz CT molecular complexity index is 1580. The number of rotatable bonds is 6. The SMILES string of the molecule is Clc1cnn(Cc2ccc(-c3nc(-c4ccc(Oc5cccc6ccccc56)cc4)no3)o2)c1. The minimum atomic E-state index is 0.302. The molecule has 6 aromatic rings. The second kappa shape index (κ2) is 8.53. The van der Waals surface area contributed by atoms with Crippen molar-refractivity contribution in [2.24, 2.45) is 0 Å². The second-order valence-corrected chi connectivity index (χ2v) is 8.09. The summed E-state index contributed by atoms with van der Waals surface area (Å²) in [6.07, 6.45) is 3.30. The summed E-state index contributed by atoms with van der Waals surface area (Å²) in [6.45, 7) is 0.450. The lowest BCUT2D eigenvalue weighted by Gasteiger charge is -2.09. The summed E-state index contributed by atoms with van der Waals surface area (Å²) in [5, 5.41) is 11.0. The molecule has 7 nitrogen and oxygen atoms in total. The van der Waals surface area contributed by atoms with Crippen molar-refractivity contribution in [1.82, 2.24) is 19.9 Å². The molecule has 0 fully saturated rings. The van der Waals surface area contributed by atoms with E-state index in [1.165, 1.54) is 0 Å². The molecule has 8 heteroatoms. The van der Waals surface area contributed by atoms with Crippen LogP contribution in [-0.2, 0) is 6.54 Å². The molecular formula is C26H17ClN4O3. The Balaban J connectivity index is 1.18. The molecule has 34 heavy (non-hydrogen) atoms.